The number of nitrogens with zero attached hydrogens (tertiary/aromatic N) is 2. The molecule has 236 valence electrons. The molecule has 1 N–H and O–H groups in total. The number of carbonyl (C=O) groups excluding carboxylic acids is 2. The number of rotatable bonds is 13. The highest BCUT2D eigenvalue weighted by Crippen LogP contribution is 2.27. The van der Waals surface area contributed by atoms with Crippen molar-refractivity contribution in [1.82, 2.24) is 10.2 Å². The standard InChI is InChI=1S/C36H40ClN3O4S/c1-5-28(4)38-36(42)34(22-29-12-7-6-8-13-29)39(24-30-14-9-11-27(3)21-30)35(41)25-40(32-16-10-15-31(37)23-32)45(43,44)33-19-17-26(2)18-20-33/h6-21,23,28,34H,5,22,24-25H2,1-4H3,(H,38,42)/t28-,34-/m0/s1. The van der Waals surface area contributed by atoms with E-state index < -0.39 is 28.5 Å². The molecule has 0 unspecified atom stereocenters. The van der Waals surface area contributed by atoms with E-state index in [1.807, 2.05) is 82.3 Å². The molecular formula is C36H40ClN3O4S. The number of carbonyl (C=O) groups is 2. The predicted octanol–water partition coefficient (Wildman–Crippen LogP) is 6.71. The van der Waals surface area contributed by atoms with Gasteiger partial charge in [0, 0.05) is 24.0 Å². The molecule has 4 aromatic carbocycles. The summed E-state index contributed by atoms with van der Waals surface area (Å²) in [6.07, 6.45) is 0.968. The van der Waals surface area contributed by atoms with E-state index in [0.29, 0.717) is 11.4 Å². The van der Waals surface area contributed by atoms with Gasteiger partial charge < -0.3 is 10.2 Å². The second-order valence-electron chi connectivity index (χ2n) is 11.3. The third-order valence-electron chi connectivity index (χ3n) is 7.69. The van der Waals surface area contributed by atoms with E-state index in [1.54, 1.807) is 30.3 Å². The van der Waals surface area contributed by atoms with Gasteiger partial charge in [-0.15, -0.1) is 0 Å². The predicted molar refractivity (Wildman–Crippen MR) is 181 cm³/mol. The third-order valence-corrected chi connectivity index (χ3v) is 9.71. The van der Waals surface area contributed by atoms with Crippen molar-refractivity contribution >= 4 is 39.1 Å². The summed E-state index contributed by atoms with van der Waals surface area (Å²) >= 11 is 6.30. The molecule has 0 aromatic heterocycles. The van der Waals surface area contributed by atoms with E-state index in [-0.39, 0.29) is 35.5 Å². The molecule has 7 nitrogen and oxygen atoms in total. The molecule has 0 spiro atoms. The van der Waals surface area contributed by atoms with Crippen LogP contribution in [0.4, 0.5) is 5.69 Å². The molecule has 0 aliphatic heterocycles. The van der Waals surface area contributed by atoms with Gasteiger partial charge >= 0.3 is 0 Å². The average Bonchev–Trinajstić information content (AvgIpc) is 3.02. The molecule has 2 atom stereocenters. The maximum absolute atomic E-state index is 14.5. The van der Waals surface area contributed by atoms with Crippen molar-refractivity contribution in [2.24, 2.45) is 0 Å². The first-order valence-corrected chi connectivity index (χ1v) is 16.8. The minimum atomic E-state index is -4.20. The van der Waals surface area contributed by atoms with Gasteiger partial charge in [-0.1, -0.05) is 102 Å². The number of sulfonamides is 1. The number of hydrogen-bond donors (Lipinski definition) is 1. The van der Waals surface area contributed by atoms with Gasteiger partial charge in [-0.05, 0) is 68.7 Å². The van der Waals surface area contributed by atoms with Gasteiger partial charge in [0.1, 0.15) is 12.6 Å². The van der Waals surface area contributed by atoms with Crippen LogP contribution in [0.1, 0.15) is 42.5 Å². The van der Waals surface area contributed by atoms with Gasteiger partial charge in [0.15, 0.2) is 0 Å². The van der Waals surface area contributed by atoms with Crippen LogP contribution in [0.25, 0.3) is 0 Å². The Labute approximate surface area is 271 Å². The molecule has 0 aliphatic carbocycles. The minimum Gasteiger partial charge on any atom is -0.352 e. The SMILES string of the molecule is CC[C@H](C)NC(=O)[C@H](Cc1ccccc1)N(Cc1cccc(C)c1)C(=O)CN(c1cccc(Cl)c1)S(=O)(=O)c1ccc(C)cc1. The van der Waals surface area contributed by atoms with E-state index >= 15 is 0 Å². The third kappa shape index (κ3) is 8.96. The maximum atomic E-state index is 14.5. The molecule has 0 saturated heterocycles. The van der Waals surface area contributed by atoms with Crippen LogP contribution < -0.4 is 9.62 Å². The lowest BCUT2D eigenvalue weighted by molar-refractivity contribution is -0.140. The minimum absolute atomic E-state index is 0.0430. The molecule has 0 aliphatic rings. The zero-order chi connectivity index (χ0) is 32.6. The first-order valence-electron chi connectivity index (χ1n) is 15.0. The summed E-state index contributed by atoms with van der Waals surface area (Å²) in [4.78, 5) is 30.0. The van der Waals surface area contributed by atoms with Gasteiger partial charge in [-0.3, -0.25) is 13.9 Å². The quantitative estimate of drug-likeness (QED) is 0.175. The van der Waals surface area contributed by atoms with Crippen LogP contribution in [0.2, 0.25) is 5.02 Å². The van der Waals surface area contributed by atoms with Gasteiger partial charge in [0.2, 0.25) is 11.8 Å². The highest BCUT2D eigenvalue weighted by atomic mass is 35.5. The van der Waals surface area contributed by atoms with Crippen molar-refractivity contribution in [2.75, 3.05) is 10.8 Å². The lowest BCUT2D eigenvalue weighted by atomic mass is 10.0. The monoisotopic (exact) mass is 645 g/mol. The van der Waals surface area contributed by atoms with E-state index in [0.717, 1.165) is 26.6 Å². The highest BCUT2D eigenvalue weighted by Gasteiger charge is 2.35. The number of benzene rings is 4. The first-order chi connectivity index (χ1) is 21.5. The van der Waals surface area contributed by atoms with Crippen molar-refractivity contribution in [2.45, 2.75) is 64.1 Å². The number of hydrogen-bond acceptors (Lipinski definition) is 4. The Morgan fingerprint density at radius 3 is 2.13 bits per heavy atom. The maximum Gasteiger partial charge on any atom is 0.264 e. The lowest BCUT2D eigenvalue weighted by Crippen LogP contribution is -2.54. The van der Waals surface area contributed by atoms with Crippen molar-refractivity contribution < 1.29 is 18.0 Å². The summed E-state index contributed by atoms with van der Waals surface area (Å²) in [5.74, 6) is -0.822. The number of nitrogens with one attached hydrogen (secondary N) is 1. The number of anilines is 1. The molecule has 0 heterocycles. The Balaban J connectivity index is 1.81. The van der Waals surface area contributed by atoms with Gasteiger partial charge in [0.25, 0.3) is 10.0 Å². The van der Waals surface area contributed by atoms with E-state index in [9.17, 15) is 18.0 Å². The Morgan fingerprint density at radius 2 is 1.49 bits per heavy atom. The second kappa shape index (κ2) is 15.2. The first kappa shape index (κ1) is 33.7. The van der Waals surface area contributed by atoms with Gasteiger partial charge in [0.05, 0.1) is 10.6 Å². The molecule has 0 radical (unpaired) electrons. The lowest BCUT2D eigenvalue weighted by Gasteiger charge is -2.34. The molecule has 4 rings (SSSR count). The van der Waals surface area contributed by atoms with Crippen LogP contribution in [0.15, 0.2) is 108 Å². The van der Waals surface area contributed by atoms with Gasteiger partial charge in [-0.2, -0.15) is 0 Å². The van der Waals surface area contributed by atoms with Crippen molar-refractivity contribution in [3.63, 3.8) is 0 Å². The summed E-state index contributed by atoms with van der Waals surface area (Å²) < 4.78 is 29.3. The molecule has 4 aromatic rings. The van der Waals surface area contributed by atoms with Crippen molar-refractivity contribution in [1.29, 1.82) is 0 Å². The van der Waals surface area contributed by atoms with E-state index in [2.05, 4.69) is 5.32 Å². The van der Waals surface area contributed by atoms with E-state index in [1.165, 1.54) is 23.1 Å². The summed E-state index contributed by atoms with van der Waals surface area (Å²) in [6, 6.07) is 29.1. The summed E-state index contributed by atoms with van der Waals surface area (Å²) in [5, 5.41) is 3.38. The Hall–Kier alpha value is -4.14. The molecule has 0 bridgehead atoms. The van der Waals surface area contributed by atoms with Crippen LogP contribution in [0, 0.1) is 13.8 Å². The number of aryl methyl sites for hydroxylation is 2. The summed E-state index contributed by atoms with van der Waals surface area (Å²) in [7, 11) is -4.20. The van der Waals surface area contributed by atoms with Crippen molar-refractivity contribution in [3.05, 3.63) is 130 Å². The van der Waals surface area contributed by atoms with Crippen LogP contribution in [-0.4, -0.2) is 43.8 Å². The molecule has 45 heavy (non-hydrogen) atoms. The van der Waals surface area contributed by atoms with Crippen LogP contribution in [-0.2, 0) is 32.6 Å². The zero-order valence-electron chi connectivity index (χ0n) is 26.1. The number of amides is 2. The Bertz CT molecular complexity index is 1710. The fraction of sp³-hybridized carbons (Fsp3) is 0.278. The van der Waals surface area contributed by atoms with Crippen LogP contribution in [0.5, 0.6) is 0 Å². The zero-order valence-corrected chi connectivity index (χ0v) is 27.7. The van der Waals surface area contributed by atoms with Gasteiger partial charge in [-0.25, -0.2) is 8.42 Å². The van der Waals surface area contributed by atoms with Crippen LogP contribution >= 0.6 is 11.6 Å². The van der Waals surface area contributed by atoms with E-state index in [4.69, 9.17) is 11.6 Å². The summed E-state index contributed by atoms with van der Waals surface area (Å²) in [6.45, 7) is 7.30. The Morgan fingerprint density at radius 1 is 0.822 bits per heavy atom. The second-order valence-corrected chi connectivity index (χ2v) is 13.6. The molecular weight excluding hydrogens is 606 g/mol. The fourth-order valence-corrected chi connectivity index (χ4v) is 6.59. The number of halogens is 1. The molecule has 9 heteroatoms. The largest absolute Gasteiger partial charge is 0.352 e. The molecule has 0 fully saturated rings. The molecule has 0 saturated carbocycles. The topological polar surface area (TPSA) is 86.8 Å². The van der Waals surface area contributed by atoms with Crippen LogP contribution in [0.3, 0.4) is 0 Å². The highest BCUT2D eigenvalue weighted by molar-refractivity contribution is 7.92. The Kier molecular flexibility index (Phi) is 11.4. The average molecular weight is 646 g/mol. The smallest absolute Gasteiger partial charge is 0.264 e. The fourth-order valence-electron chi connectivity index (χ4n) is 5.00. The van der Waals surface area contributed by atoms with Crippen molar-refractivity contribution in [3.8, 4) is 0 Å². The summed E-state index contributed by atoms with van der Waals surface area (Å²) in [5.41, 5.74) is 3.86. The normalized spacial score (nSPS) is 12.6. The molecule has 2 amide bonds.